The molecule has 150 valence electrons. The van der Waals surface area contributed by atoms with Crippen molar-refractivity contribution in [2.24, 2.45) is 0 Å². The standard InChI is InChI=1S/C22H22N2O5/c25-19-11-15(17-9-13-5-4-6-14(13)10-18(17)29-19)12-23-20(26)21(27)24(22(23)28)16-7-2-1-3-8-16/h9-11,16H,1-8,12H2. The minimum absolute atomic E-state index is 0.104. The van der Waals surface area contributed by atoms with Gasteiger partial charge in [0.1, 0.15) is 5.58 Å². The molecule has 1 aliphatic heterocycles. The fraction of sp³-hybridized carbons (Fsp3) is 0.455. The minimum atomic E-state index is -0.817. The maximum atomic E-state index is 12.9. The largest absolute Gasteiger partial charge is 0.423 e. The van der Waals surface area contributed by atoms with Crippen molar-refractivity contribution in [3.63, 3.8) is 0 Å². The lowest BCUT2D eigenvalue weighted by Gasteiger charge is -2.28. The highest BCUT2D eigenvalue weighted by Gasteiger charge is 2.47. The summed E-state index contributed by atoms with van der Waals surface area (Å²) in [7, 11) is 0. The van der Waals surface area contributed by atoms with E-state index in [2.05, 4.69) is 0 Å². The SMILES string of the molecule is O=C1C(=O)N(C2CCCCC2)C(=O)N1Cc1cc(=O)oc2cc3c(cc12)CCC3. The van der Waals surface area contributed by atoms with E-state index in [1.165, 1.54) is 17.2 Å². The fourth-order valence-electron chi connectivity index (χ4n) is 4.92. The predicted octanol–water partition coefficient (Wildman–Crippen LogP) is 2.91. The Morgan fingerprint density at radius 3 is 2.34 bits per heavy atom. The quantitative estimate of drug-likeness (QED) is 0.454. The number of carbonyl (C=O) groups excluding carboxylic acids is 3. The summed E-state index contributed by atoms with van der Waals surface area (Å²) < 4.78 is 5.36. The second-order valence-electron chi connectivity index (χ2n) is 8.20. The summed E-state index contributed by atoms with van der Waals surface area (Å²) in [4.78, 5) is 52.3. The third kappa shape index (κ3) is 2.96. The molecule has 2 aromatic rings. The van der Waals surface area contributed by atoms with Gasteiger partial charge in [-0.05, 0) is 60.9 Å². The van der Waals surface area contributed by atoms with E-state index in [1.54, 1.807) is 0 Å². The molecule has 0 atom stereocenters. The highest BCUT2D eigenvalue weighted by Crippen LogP contribution is 2.31. The normalized spacial score (nSPS) is 20.2. The van der Waals surface area contributed by atoms with Gasteiger partial charge < -0.3 is 4.42 Å². The van der Waals surface area contributed by atoms with E-state index in [9.17, 15) is 19.2 Å². The lowest BCUT2D eigenvalue weighted by molar-refractivity contribution is -0.144. The molecule has 29 heavy (non-hydrogen) atoms. The van der Waals surface area contributed by atoms with E-state index in [0.717, 1.165) is 66.6 Å². The van der Waals surface area contributed by atoms with Crippen LogP contribution >= 0.6 is 0 Å². The molecule has 5 rings (SSSR count). The summed E-state index contributed by atoms with van der Waals surface area (Å²) in [6, 6.07) is 4.41. The Morgan fingerprint density at radius 1 is 0.862 bits per heavy atom. The van der Waals surface area contributed by atoms with Crippen molar-refractivity contribution in [1.82, 2.24) is 9.80 Å². The van der Waals surface area contributed by atoms with Crippen molar-refractivity contribution in [3.8, 4) is 0 Å². The van der Waals surface area contributed by atoms with Crippen LogP contribution in [-0.2, 0) is 29.0 Å². The lowest BCUT2D eigenvalue weighted by atomic mass is 9.94. The van der Waals surface area contributed by atoms with Crippen molar-refractivity contribution < 1.29 is 18.8 Å². The summed E-state index contributed by atoms with van der Waals surface area (Å²) in [6.07, 6.45) is 7.42. The van der Waals surface area contributed by atoms with Gasteiger partial charge in [-0.1, -0.05) is 19.3 Å². The fourth-order valence-corrected chi connectivity index (χ4v) is 4.92. The van der Waals surface area contributed by atoms with Crippen molar-refractivity contribution in [2.45, 2.75) is 64.0 Å². The number of hydrogen-bond acceptors (Lipinski definition) is 5. The molecule has 0 bridgehead atoms. The van der Waals surface area contributed by atoms with E-state index in [1.807, 2.05) is 12.1 Å². The number of fused-ring (bicyclic) bond motifs is 2. The summed E-state index contributed by atoms with van der Waals surface area (Å²) in [5.74, 6) is -1.57. The second-order valence-corrected chi connectivity index (χ2v) is 8.20. The second kappa shape index (κ2) is 6.83. The number of hydrogen-bond donors (Lipinski definition) is 0. The summed E-state index contributed by atoms with van der Waals surface area (Å²) in [6.45, 7) is -0.104. The molecule has 0 unspecified atom stereocenters. The Kier molecular flexibility index (Phi) is 4.26. The Hall–Kier alpha value is -2.96. The predicted molar refractivity (Wildman–Crippen MR) is 104 cm³/mol. The zero-order valence-electron chi connectivity index (χ0n) is 16.1. The number of carbonyl (C=O) groups is 3. The zero-order chi connectivity index (χ0) is 20.1. The zero-order valence-corrected chi connectivity index (χ0v) is 16.1. The van der Waals surface area contributed by atoms with Crippen LogP contribution in [0.25, 0.3) is 11.0 Å². The van der Waals surface area contributed by atoms with Crippen LogP contribution < -0.4 is 5.63 Å². The van der Waals surface area contributed by atoms with Gasteiger partial charge in [0.25, 0.3) is 0 Å². The molecule has 1 aromatic heterocycles. The molecule has 2 fully saturated rings. The smallest absolute Gasteiger partial charge is 0.336 e. The number of amides is 4. The average Bonchev–Trinajstić information content (AvgIpc) is 3.25. The monoisotopic (exact) mass is 394 g/mol. The first-order chi connectivity index (χ1) is 14.0. The van der Waals surface area contributed by atoms with Gasteiger partial charge >= 0.3 is 23.5 Å². The Bertz CT molecular complexity index is 1100. The molecule has 3 aliphatic rings. The van der Waals surface area contributed by atoms with Crippen LogP contribution in [0.1, 0.15) is 55.2 Å². The average molecular weight is 394 g/mol. The molecule has 0 spiro atoms. The van der Waals surface area contributed by atoms with Crippen molar-refractivity contribution in [1.29, 1.82) is 0 Å². The van der Waals surface area contributed by atoms with Crippen LogP contribution in [-0.4, -0.2) is 33.7 Å². The van der Waals surface area contributed by atoms with Gasteiger partial charge in [0, 0.05) is 17.5 Å². The molecular weight excluding hydrogens is 372 g/mol. The van der Waals surface area contributed by atoms with E-state index >= 15 is 0 Å². The topological polar surface area (TPSA) is 87.9 Å². The molecule has 1 saturated carbocycles. The molecular formula is C22H22N2O5. The Balaban J connectivity index is 1.50. The van der Waals surface area contributed by atoms with Gasteiger partial charge in [-0.15, -0.1) is 0 Å². The van der Waals surface area contributed by atoms with Gasteiger partial charge in [-0.2, -0.15) is 0 Å². The molecule has 1 saturated heterocycles. The van der Waals surface area contributed by atoms with Gasteiger partial charge in [-0.3, -0.25) is 19.4 Å². The summed E-state index contributed by atoms with van der Waals surface area (Å²) in [5, 5.41) is 0.717. The first kappa shape index (κ1) is 18.1. The molecule has 2 aliphatic carbocycles. The van der Waals surface area contributed by atoms with Crippen LogP contribution in [0.5, 0.6) is 0 Å². The van der Waals surface area contributed by atoms with Crippen LogP contribution in [0.2, 0.25) is 0 Å². The van der Waals surface area contributed by atoms with Gasteiger partial charge in [0.15, 0.2) is 0 Å². The van der Waals surface area contributed by atoms with E-state index in [4.69, 9.17) is 4.42 Å². The maximum absolute atomic E-state index is 12.9. The van der Waals surface area contributed by atoms with E-state index < -0.39 is 23.5 Å². The van der Waals surface area contributed by atoms with Crippen molar-refractivity contribution >= 4 is 28.8 Å². The van der Waals surface area contributed by atoms with Gasteiger partial charge in [-0.25, -0.2) is 9.59 Å². The van der Waals surface area contributed by atoms with Crippen molar-refractivity contribution in [2.75, 3.05) is 0 Å². The van der Waals surface area contributed by atoms with Crippen LogP contribution in [0, 0.1) is 0 Å². The molecule has 7 nitrogen and oxygen atoms in total. The highest BCUT2D eigenvalue weighted by molar-refractivity contribution is 6.44. The summed E-state index contributed by atoms with van der Waals surface area (Å²) in [5.41, 5.74) is 2.84. The first-order valence-corrected chi connectivity index (χ1v) is 10.3. The lowest BCUT2D eigenvalue weighted by Crippen LogP contribution is -2.42. The van der Waals surface area contributed by atoms with Crippen LogP contribution in [0.3, 0.4) is 0 Å². The first-order valence-electron chi connectivity index (χ1n) is 10.3. The molecule has 2 heterocycles. The molecule has 1 aromatic carbocycles. The number of aryl methyl sites for hydroxylation is 2. The van der Waals surface area contributed by atoms with E-state index in [-0.39, 0.29) is 12.6 Å². The third-order valence-corrected chi connectivity index (χ3v) is 6.39. The van der Waals surface area contributed by atoms with Crippen molar-refractivity contribution in [3.05, 3.63) is 45.3 Å². The number of urea groups is 1. The number of imide groups is 2. The van der Waals surface area contributed by atoms with Gasteiger partial charge in [0.2, 0.25) is 0 Å². The number of nitrogens with zero attached hydrogens (tertiary/aromatic N) is 2. The molecule has 0 N–H and O–H groups in total. The Labute approximate surface area is 167 Å². The molecule has 0 radical (unpaired) electrons. The third-order valence-electron chi connectivity index (χ3n) is 6.39. The Morgan fingerprint density at radius 2 is 1.59 bits per heavy atom. The maximum Gasteiger partial charge on any atom is 0.336 e. The highest BCUT2D eigenvalue weighted by atomic mass is 16.4. The molecule has 4 amide bonds. The minimum Gasteiger partial charge on any atom is -0.423 e. The summed E-state index contributed by atoms with van der Waals surface area (Å²) >= 11 is 0. The van der Waals surface area contributed by atoms with Crippen LogP contribution in [0.4, 0.5) is 4.79 Å². The number of rotatable bonds is 3. The number of benzene rings is 1. The van der Waals surface area contributed by atoms with E-state index in [0.29, 0.717) is 11.1 Å². The molecule has 7 heteroatoms. The van der Waals surface area contributed by atoms with Gasteiger partial charge in [0.05, 0.1) is 6.54 Å². The van der Waals surface area contributed by atoms with Crippen LogP contribution in [0.15, 0.2) is 27.4 Å².